The number of hydrogen-bond acceptors (Lipinski definition) is 5. The molecule has 25 heavy (non-hydrogen) atoms. The Labute approximate surface area is 150 Å². The van der Waals surface area contributed by atoms with E-state index < -0.39 is 5.82 Å². The molecule has 2 aliphatic rings. The van der Waals surface area contributed by atoms with Gasteiger partial charge in [0.15, 0.2) is 5.82 Å². The molecule has 0 amide bonds. The summed E-state index contributed by atoms with van der Waals surface area (Å²) in [6.07, 6.45) is 4.95. The number of fused-ring (bicyclic) bond motifs is 1. The molecule has 2 N–H and O–H groups in total. The summed E-state index contributed by atoms with van der Waals surface area (Å²) in [6.45, 7) is 0.391. The average molecular weight is 360 g/mol. The molecule has 0 radical (unpaired) electrons. The van der Waals surface area contributed by atoms with E-state index in [0.29, 0.717) is 23.5 Å². The van der Waals surface area contributed by atoms with Crippen LogP contribution in [0.2, 0.25) is 5.02 Å². The van der Waals surface area contributed by atoms with E-state index in [9.17, 15) is 4.39 Å². The summed E-state index contributed by atoms with van der Waals surface area (Å²) in [6, 6.07) is 5.32. The number of hydrogen-bond donors (Lipinski definition) is 1. The average Bonchev–Trinajstić information content (AvgIpc) is 3.22. The molecule has 1 saturated carbocycles. The van der Waals surface area contributed by atoms with Crippen LogP contribution in [0.5, 0.6) is 0 Å². The van der Waals surface area contributed by atoms with Gasteiger partial charge in [0.1, 0.15) is 11.5 Å². The molecule has 1 aliphatic heterocycles. The molecule has 2 heterocycles. The first-order valence-corrected chi connectivity index (χ1v) is 8.77. The lowest BCUT2D eigenvalue weighted by Crippen LogP contribution is -2.42. The quantitative estimate of drug-likeness (QED) is 0.914. The molecule has 2 atom stereocenters. The van der Waals surface area contributed by atoms with Crippen LogP contribution in [0.4, 0.5) is 10.2 Å². The molecule has 0 saturated heterocycles. The van der Waals surface area contributed by atoms with Crippen molar-refractivity contribution < 1.29 is 4.39 Å². The number of aromatic nitrogens is 2. The predicted octanol–water partition coefficient (Wildman–Crippen LogP) is 2.94. The number of nitrogens with two attached hydrogens (primary N) is 1. The monoisotopic (exact) mass is 359 g/mol. The summed E-state index contributed by atoms with van der Waals surface area (Å²) < 4.78 is 14.3. The van der Waals surface area contributed by atoms with Gasteiger partial charge in [0.25, 0.3) is 0 Å². The molecule has 130 valence electrons. The highest BCUT2D eigenvalue weighted by Crippen LogP contribution is 2.29. The zero-order valence-electron chi connectivity index (χ0n) is 13.9. The normalized spacial score (nSPS) is 22.0. The fraction of sp³-hybridized carbons (Fsp3) is 0.389. The first-order valence-electron chi connectivity index (χ1n) is 8.40. The summed E-state index contributed by atoms with van der Waals surface area (Å²) >= 11 is 5.89. The maximum Gasteiger partial charge on any atom is 0.151 e. The molecule has 1 aromatic heterocycles. The molecule has 1 fully saturated rings. The Morgan fingerprint density at radius 2 is 2.16 bits per heavy atom. The molecule has 5 nitrogen and oxygen atoms in total. The van der Waals surface area contributed by atoms with E-state index in [1.165, 1.54) is 6.07 Å². The van der Waals surface area contributed by atoms with Crippen molar-refractivity contribution in [3.8, 4) is 0 Å². The topological polar surface area (TPSA) is 67.4 Å². The van der Waals surface area contributed by atoms with Gasteiger partial charge in [-0.2, -0.15) is 0 Å². The minimum atomic E-state index is -0.476. The molecule has 0 unspecified atom stereocenters. The molecule has 1 aromatic carbocycles. The van der Waals surface area contributed by atoms with E-state index in [1.807, 2.05) is 7.05 Å². The summed E-state index contributed by atoms with van der Waals surface area (Å²) in [5.41, 5.74) is 8.44. The van der Waals surface area contributed by atoms with Crippen LogP contribution in [0, 0.1) is 5.82 Å². The van der Waals surface area contributed by atoms with Gasteiger partial charge < -0.3 is 10.6 Å². The third kappa shape index (κ3) is 2.79. The Bertz CT molecular complexity index is 853. The van der Waals surface area contributed by atoms with Gasteiger partial charge in [0, 0.05) is 24.7 Å². The van der Waals surface area contributed by atoms with Crippen LogP contribution >= 0.6 is 11.6 Å². The van der Waals surface area contributed by atoms with Crippen LogP contribution in [0.1, 0.15) is 36.2 Å². The van der Waals surface area contributed by atoms with E-state index in [1.54, 1.807) is 18.3 Å². The number of anilines is 1. The number of likely N-dealkylation sites (N-methyl/N-ethyl adjacent to an activating group) is 1. The van der Waals surface area contributed by atoms with Crippen LogP contribution in [-0.2, 0) is 6.54 Å². The van der Waals surface area contributed by atoms with E-state index in [0.717, 1.165) is 30.8 Å². The summed E-state index contributed by atoms with van der Waals surface area (Å²) in [5.74, 6) is 0.305. The zero-order valence-corrected chi connectivity index (χ0v) is 14.7. The second-order valence-corrected chi connectivity index (χ2v) is 6.97. The van der Waals surface area contributed by atoms with Gasteiger partial charge in [0.2, 0.25) is 0 Å². The van der Waals surface area contributed by atoms with Crippen LogP contribution in [0.3, 0.4) is 0 Å². The van der Waals surface area contributed by atoms with Gasteiger partial charge in [-0.1, -0.05) is 17.7 Å². The molecule has 0 bridgehead atoms. The van der Waals surface area contributed by atoms with Crippen molar-refractivity contribution in [2.24, 2.45) is 10.7 Å². The van der Waals surface area contributed by atoms with Crippen LogP contribution in [0.25, 0.3) is 0 Å². The van der Waals surface area contributed by atoms with E-state index in [-0.39, 0.29) is 17.1 Å². The molecular formula is C18H19ClFN5. The first kappa shape index (κ1) is 16.4. The summed E-state index contributed by atoms with van der Waals surface area (Å²) in [7, 11) is 2.00. The third-order valence-electron chi connectivity index (χ3n) is 5.04. The fourth-order valence-corrected chi connectivity index (χ4v) is 3.82. The van der Waals surface area contributed by atoms with Gasteiger partial charge in [-0.25, -0.2) is 14.4 Å². The lowest BCUT2D eigenvalue weighted by molar-refractivity contribution is 0.567. The molecule has 2 aromatic rings. The highest BCUT2D eigenvalue weighted by atomic mass is 35.5. The smallest absolute Gasteiger partial charge is 0.151 e. The first-order chi connectivity index (χ1) is 12.1. The number of nitrogens with zero attached hydrogens (tertiary/aromatic N) is 4. The SMILES string of the molecule is CN(c1cnc2c(n1)CN=C2c1cccc(Cl)c1F)[C@@H]1CCC[C@@H]1N. The van der Waals surface area contributed by atoms with Crippen LogP contribution in [0.15, 0.2) is 29.4 Å². The highest BCUT2D eigenvalue weighted by molar-refractivity contribution is 6.31. The van der Waals surface area contributed by atoms with Gasteiger partial charge in [-0.05, 0) is 31.4 Å². The second-order valence-electron chi connectivity index (χ2n) is 6.56. The van der Waals surface area contributed by atoms with E-state index >= 15 is 0 Å². The molecule has 4 rings (SSSR count). The second kappa shape index (κ2) is 6.35. The standard InChI is InChI=1S/C18H19ClFN5/c1-25(14-7-3-6-12(14)21)15-9-23-18-13(24-15)8-22-17(18)10-4-2-5-11(19)16(10)20/h2,4-5,9,12,14H,3,6-8,21H2,1H3/t12-,14+/m0/s1. The predicted molar refractivity (Wildman–Crippen MR) is 96.8 cm³/mol. The number of aliphatic imine (C=N–C) groups is 1. The van der Waals surface area contributed by atoms with Crippen molar-refractivity contribution in [2.45, 2.75) is 37.9 Å². The van der Waals surface area contributed by atoms with Crippen molar-refractivity contribution in [1.82, 2.24) is 9.97 Å². The Kier molecular flexibility index (Phi) is 4.17. The van der Waals surface area contributed by atoms with E-state index in [2.05, 4.69) is 14.9 Å². The van der Waals surface area contributed by atoms with Crippen molar-refractivity contribution in [3.05, 3.63) is 52.2 Å². The number of rotatable bonds is 3. The summed E-state index contributed by atoms with van der Waals surface area (Å²) in [5, 5.41) is 0.0770. The van der Waals surface area contributed by atoms with Crippen molar-refractivity contribution >= 4 is 23.1 Å². The maximum atomic E-state index is 14.3. The Morgan fingerprint density at radius 1 is 1.32 bits per heavy atom. The summed E-state index contributed by atoms with van der Waals surface area (Å²) in [4.78, 5) is 15.8. The lowest BCUT2D eigenvalue weighted by Gasteiger charge is -2.28. The number of benzene rings is 1. The highest BCUT2D eigenvalue weighted by Gasteiger charge is 2.30. The van der Waals surface area contributed by atoms with E-state index in [4.69, 9.17) is 22.3 Å². The fourth-order valence-electron chi connectivity index (χ4n) is 3.64. The largest absolute Gasteiger partial charge is 0.354 e. The van der Waals surface area contributed by atoms with Gasteiger partial charge in [-0.3, -0.25) is 4.99 Å². The van der Waals surface area contributed by atoms with Crippen molar-refractivity contribution in [2.75, 3.05) is 11.9 Å². The Hall–Kier alpha value is -2.05. The maximum absolute atomic E-state index is 14.3. The van der Waals surface area contributed by atoms with Crippen molar-refractivity contribution in [1.29, 1.82) is 0 Å². The van der Waals surface area contributed by atoms with Gasteiger partial charge in [0.05, 0.1) is 29.2 Å². The molecule has 0 spiro atoms. The molecule has 1 aliphatic carbocycles. The lowest BCUT2D eigenvalue weighted by atomic mass is 10.1. The Balaban J connectivity index is 1.65. The minimum absolute atomic E-state index is 0.0770. The number of halogens is 2. The third-order valence-corrected chi connectivity index (χ3v) is 5.33. The van der Waals surface area contributed by atoms with Crippen LogP contribution < -0.4 is 10.6 Å². The molecular weight excluding hydrogens is 341 g/mol. The Morgan fingerprint density at radius 3 is 2.92 bits per heavy atom. The zero-order chi connectivity index (χ0) is 17.6. The minimum Gasteiger partial charge on any atom is -0.354 e. The van der Waals surface area contributed by atoms with Crippen LogP contribution in [-0.4, -0.2) is 34.8 Å². The van der Waals surface area contributed by atoms with Gasteiger partial charge >= 0.3 is 0 Å². The van der Waals surface area contributed by atoms with Gasteiger partial charge in [-0.15, -0.1) is 0 Å². The van der Waals surface area contributed by atoms with Crippen molar-refractivity contribution in [3.63, 3.8) is 0 Å². The molecule has 7 heteroatoms.